The van der Waals surface area contributed by atoms with E-state index in [0.29, 0.717) is 18.0 Å². The molecule has 1 saturated heterocycles. The summed E-state index contributed by atoms with van der Waals surface area (Å²) >= 11 is 0. The number of rotatable bonds is 4. The van der Waals surface area contributed by atoms with Crippen molar-refractivity contribution in [2.24, 2.45) is 0 Å². The fourth-order valence-corrected chi connectivity index (χ4v) is 3.83. The van der Waals surface area contributed by atoms with E-state index < -0.39 is 0 Å². The molecule has 1 amide bonds. The van der Waals surface area contributed by atoms with Crippen molar-refractivity contribution in [2.75, 3.05) is 13.7 Å². The number of carbonyl (C=O) groups excluding carboxylic acids is 1. The SMILES string of the molecule is COc1ncccc1C(=O)N1CCCC1c1ccc(-c2c(C)noc2C)cn1. The third-order valence-corrected chi connectivity index (χ3v) is 5.16. The van der Waals surface area contributed by atoms with Gasteiger partial charge >= 0.3 is 0 Å². The van der Waals surface area contributed by atoms with Gasteiger partial charge in [0.2, 0.25) is 5.88 Å². The summed E-state index contributed by atoms with van der Waals surface area (Å²) in [6.45, 7) is 4.50. The first-order valence-corrected chi connectivity index (χ1v) is 9.29. The van der Waals surface area contributed by atoms with Crippen LogP contribution in [0.2, 0.25) is 0 Å². The zero-order chi connectivity index (χ0) is 19.7. The van der Waals surface area contributed by atoms with Crippen LogP contribution >= 0.6 is 0 Å². The van der Waals surface area contributed by atoms with Gasteiger partial charge in [-0.2, -0.15) is 0 Å². The van der Waals surface area contributed by atoms with Gasteiger partial charge in [-0.1, -0.05) is 11.2 Å². The van der Waals surface area contributed by atoms with Crippen LogP contribution in [0.25, 0.3) is 11.1 Å². The zero-order valence-corrected chi connectivity index (χ0v) is 16.2. The summed E-state index contributed by atoms with van der Waals surface area (Å²) in [4.78, 5) is 23.8. The molecule has 0 radical (unpaired) electrons. The van der Waals surface area contributed by atoms with E-state index in [9.17, 15) is 4.79 Å². The molecule has 0 aliphatic carbocycles. The van der Waals surface area contributed by atoms with Gasteiger partial charge in [-0.3, -0.25) is 9.78 Å². The summed E-state index contributed by atoms with van der Waals surface area (Å²) in [5.41, 5.74) is 4.13. The largest absolute Gasteiger partial charge is 0.480 e. The van der Waals surface area contributed by atoms with Gasteiger partial charge in [0.25, 0.3) is 5.91 Å². The van der Waals surface area contributed by atoms with Crippen molar-refractivity contribution < 1.29 is 14.1 Å². The number of hydrogen-bond donors (Lipinski definition) is 0. The van der Waals surface area contributed by atoms with Gasteiger partial charge in [-0.15, -0.1) is 0 Å². The van der Waals surface area contributed by atoms with E-state index in [0.717, 1.165) is 41.1 Å². The molecule has 3 aromatic heterocycles. The minimum atomic E-state index is -0.0796. The van der Waals surface area contributed by atoms with Crippen molar-refractivity contribution in [2.45, 2.75) is 32.7 Å². The maximum Gasteiger partial charge on any atom is 0.259 e. The van der Waals surface area contributed by atoms with Gasteiger partial charge in [-0.05, 0) is 44.9 Å². The average molecular weight is 378 g/mol. The number of pyridine rings is 2. The molecule has 1 aliphatic heterocycles. The Morgan fingerprint density at radius 2 is 2.11 bits per heavy atom. The molecule has 1 atom stereocenters. The highest BCUT2D eigenvalue weighted by Gasteiger charge is 2.33. The van der Waals surface area contributed by atoms with Crippen molar-refractivity contribution in [1.29, 1.82) is 0 Å². The van der Waals surface area contributed by atoms with Crippen molar-refractivity contribution >= 4 is 5.91 Å². The minimum absolute atomic E-state index is 0.0591. The van der Waals surface area contributed by atoms with E-state index in [-0.39, 0.29) is 11.9 Å². The van der Waals surface area contributed by atoms with Gasteiger partial charge in [0, 0.05) is 30.1 Å². The molecule has 1 unspecified atom stereocenters. The van der Waals surface area contributed by atoms with Crippen molar-refractivity contribution in [3.05, 3.63) is 59.4 Å². The van der Waals surface area contributed by atoms with Crippen molar-refractivity contribution in [3.63, 3.8) is 0 Å². The minimum Gasteiger partial charge on any atom is -0.480 e. The Bertz CT molecular complexity index is 978. The number of methoxy groups -OCH3 is 1. The molecule has 28 heavy (non-hydrogen) atoms. The van der Waals surface area contributed by atoms with E-state index >= 15 is 0 Å². The lowest BCUT2D eigenvalue weighted by Crippen LogP contribution is -2.31. The number of nitrogens with zero attached hydrogens (tertiary/aromatic N) is 4. The summed E-state index contributed by atoms with van der Waals surface area (Å²) in [5.74, 6) is 1.04. The number of hydrogen-bond acceptors (Lipinski definition) is 6. The van der Waals surface area contributed by atoms with Gasteiger partial charge < -0.3 is 14.2 Å². The van der Waals surface area contributed by atoms with E-state index in [1.54, 1.807) is 18.3 Å². The topological polar surface area (TPSA) is 81.4 Å². The highest BCUT2D eigenvalue weighted by atomic mass is 16.5. The van der Waals surface area contributed by atoms with E-state index in [4.69, 9.17) is 9.26 Å². The Balaban J connectivity index is 1.61. The van der Waals surface area contributed by atoms with Crippen LogP contribution in [0.3, 0.4) is 0 Å². The fraction of sp³-hybridized carbons (Fsp3) is 0.333. The van der Waals surface area contributed by atoms with Gasteiger partial charge in [-0.25, -0.2) is 4.98 Å². The van der Waals surface area contributed by atoms with Crippen molar-refractivity contribution in [1.82, 2.24) is 20.0 Å². The third-order valence-electron chi connectivity index (χ3n) is 5.16. The number of carbonyl (C=O) groups is 1. The van der Waals surface area contributed by atoms with Crippen LogP contribution in [-0.2, 0) is 0 Å². The monoisotopic (exact) mass is 378 g/mol. The summed E-state index contributed by atoms with van der Waals surface area (Å²) < 4.78 is 10.5. The van der Waals surface area contributed by atoms with E-state index in [2.05, 4.69) is 15.1 Å². The summed E-state index contributed by atoms with van der Waals surface area (Å²) in [6.07, 6.45) is 5.26. The summed E-state index contributed by atoms with van der Waals surface area (Å²) in [5, 5.41) is 4.00. The smallest absolute Gasteiger partial charge is 0.259 e. The van der Waals surface area contributed by atoms with Gasteiger partial charge in [0.05, 0.1) is 24.5 Å². The van der Waals surface area contributed by atoms with Crippen LogP contribution in [0.4, 0.5) is 0 Å². The number of aromatic nitrogens is 3. The molecule has 0 spiro atoms. The molecule has 0 saturated carbocycles. The van der Waals surface area contributed by atoms with Crippen LogP contribution in [0.5, 0.6) is 5.88 Å². The van der Waals surface area contributed by atoms with E-state index in [1.165, 1.54) is 7.11 Å². The van der Waals surface area contributed by atoms with Crippen LogP contribution in [0.15, 0.2) is 41.2 Å². The molecule has 1 fully saturated rings. The maximum absolute atomic E-state index is 13.1. The third kappa shape index (κ3) is 3.13. The Morgan fingerprint density at radius 3 is 2.79 bits per heavy atom. The Labute approximate surface area is 163 Å². The van der Waals surface area contributed by atoms with Crippen LogP contribution in [-0.4, -0.2) is 39.6 Å². The zero-order valence-electron chi connectivity index (χ0n) is 16.2. The lowest BCUT2D eigenvalue weighted by molar-refractivity contribution is 0.0728. The molecule has 144 valence electrons. The highest BCUT2D eigenvalue weighted by molar-refractivity contribution is 5.96. The standard InChI is InChI=1S/C21H22N4O3/c1-13-19(14(2)28-24-13)15-8-9-17(23-12-15)18-7-5-11-25(18)21(26)16-6-4-10-22-20(16)27-3/h4,6,8-10,12,18H,5,7,11H2,1-3H3. The van der Waals surface area contributed by atoms with Gasteiger partial charge in [0.15, 0.2) is 0 Å². The predicted molar refractivity (Wildman–Crippen MR) is 103 cm³/mol. The number of likely N-dealkylation sites (tertiary alicyclic amines) is 1. The Morgan fingerprint density at radius 1 is 1.25 bits per heavy atom. The number of aryl methyl sites for hydroxylation is 2. The lowest BCUT2D eigenvalue weighted by atomic mass is 10.0. The molecule has 0 N–H and O–H groups in total. The molecule has 7 heteroatoms. The first kappa shape index (κ1) is 18.2. The maximum atomic E-state index is 13.1. The molecule has 0 bridgehead atoms. The fourth-order valence-electron chi connectivity index (χ4n) is 3.83. The Hall–Kier alpha value is -3.22. The summed E-state index contributed by atoms with van der Waals surface area (Å²) in [7, 11) is 1.52. The molecular formula is C21H22N4O3. The molecule has 1 aliphatic rings. The Kier molecular flexibility index (Phi) is 4.81. The van der Waals surface area contributed by atoms with Crippen molar-refractivity contribution in [3.8, 4) is 17.0 Å². The first-order valence-electron chi connectivity index (χ1n) is 9.29. The second-order valence-electron chi connectivity index (χ2n) is 6.89. The quantitative estimate of drug-likeness (QED) is 0.688. The molecule has 0 aromatic carbocycles. The number of ether oxygens (including phenoxy) is 1. The molecule has 4 heterocycles. The first-order chi connectivity index (χ1) is 13.6. The van der Waals surface area contributed by atoms with Crippen LogP contribution in [0, 0.1) is 13.8 Å². The van der Waals surface area contributed by atoms with Crippen LogP contribution < -0.4 is 4.74 Å². The van der Waals surface area contributed by atoms with Crippen LogP contribution in [0.1, 0.15) is 46.4 Å². The molecule has 4 rings (SSSR count). The van der Waals surface area contributed by atoms with E-state index in [1.807, 2.05) is 37.1 Å². The molecule has 7 nitrogen and oxygen atoms in total. The highest BCUT2D eigenvalue weighted by Crippen LogP contribution is 2.34. The average Bonchev–Trinajstić information content (AvgIpc) is 3.34. The lowest BCUT2D eigenvalue weighted by Gasteiger charge is -2.25. The normalized spacial score (nSPS) is 16.4. The number of amides is 1. The molecular weight excluding hydrogens is 356 g/mol. The van der Waals surface area contributed by atoms with Gasteiger partial charge in [0.1, 0.15) is 11.3 Å². The predicted octanol–water partition coefficient (Wildman–Crippen LogP) is 3.73. The molecule has 3 aromatic rings. The summed E-state index contributed by atoms with van der Waals surface area (Å²) in [6, 6.07) is 7.43. The second kappa shape index (κ2) is 7.42. The second-order valence-corrected chi connectivity index (χ2v) is 6.89.